The van der Waals surface area contributed by atoms with Crippen LogP contribution in [0, 0.1) is 13.8 Å². The van der Waals surface area contributed by atoms with Crippen molar-refractivity contribution in [3.63, 3.8) is 0 Å². The van der Waals surface area contributed by atoms with Crippen molar-refractivity contribution in [1.82, 2.24) is 20.2 Å². The lowest BCUT2D eigenvalue weighted by atomic mass is 10.2. The Morgan fingerprint density at radius 1 is 0.931 bits per heavy atom. The second kappa shape index (κ2) is 8.27. The molecule has 2 aromatic heterocycles. The second-order valence-corrected chi connectivity index (χ2v) is 7.55. The summed E-state index contributed by atoms with van der Waals surface area (Å²) in [5.41, 5.74) is 3.66. The van der Waals surface area contributed by atoms with Crippen molar-refractivity contribution in [2.24, 2.45) is 0 Å². The predicted octanol–water partition coefficient (Wildman–Crippen LogP) is 5.47. The fraction of sp³-hybridized carbons (Fsp3) is 0.190. The highest BCUT2D eigenvalue weighted by atomic mass is 35.5. The van der Waals surface area contributed by atoms with E-state index < -0.39 is 0 Å². The Bertz CT molecular complexity index is 1170. The molecule has 2 heterocycles. The minimum atomic E-state index is 0.527. The molecule has 29 heavy (non-hydrogen) atoms. The average molecular weight is 427 g/mol. The molecule has 0 saturated carbocycles. The number of benzene rings is 2. The summed E-state index contributed by atoms with van der Waals surface area (Å²) in [6.07, 6.45) is 0. The quantitative estimate of drug-likeness (QED) is 0.356. The molecular weight excluding hydrogens is 407 g/mol. The first kappa shape index (κ1) is 19.5. The van der Waals surface area contributed by atoms with Crippen LogP contribution in [0.3, 0.4) is 0 Å². The highest BCUT2D eigenvalue weighted by Crippen LogP contribution is 2.30. The van der Waals surface area contributed by atoms with Gasteiger partial charge in [-0.2, -0.15) is 5.10 Å². The van der Waals surface area contributed by atoms with E-state index in [0.29, 0.717) is 29.0 Å². The maximum absolute atomic E-state index is 6.34. The van der Waals surface area contributed by atoms with Gasteiger partial charge >= 0.3 is 0 Å². The molecule has 148 valence electrons. The molecule has 8 heteroatoms. The molecule has 3 N–H and O–H groups in total. The van der Waals surface area contributed by atoms with E-state index in [1.165, 1.54) is 0 Å². The third-order valence-corrected chi connectivity index (χ3v) is 5.29. The lowest BCUT2D eigenvalue weighted by Crippen LogP contribution is -2.16. The van der Waals surface area contributed by atoms with Gasteiger partial charge in [0.2, 0.25) is 0 Å². The molecule has 0 aliphatic carbocycles. The Hall–Kier alpha value is -2.83. The van der Waals surface area contributed by atoms with Gasteiger partial charge in [-0.05, 0) is 44.2 Å². The fourth-order valence-corrected chi connectivity index (χ4v) is 3.55. The second-order valence-electron chi connectivity index (χ2n) is 6.70. The van der Waals surface area contributed by atoms with Gasteiger partial charge in [-0.15, -0.1) is 0 Å². The third-order valence-electron chi connectivity index (χ3n) is 4.74. The lowest BCUT2D eigenvalue weighted by Gasteiger charge is -2.13. The Morgan fingerprint density at radius 2 is 1.69 bits per heavy atom. The SMILES string of the molecule is Cc1nc(-c2ccc(Cl)cc2Cl)nc(NCCNc2n[nH]c3ccccc23)c1C. The van der Waals surface area contributed by atoms with Crippen molar-refractivity contribution < 1.29 is 0 Å². The number of aryl methyl sites for hydroxylation is 1. The third kappa shape index (κ3) is 4.13. The number of fused-ring (bicyclic) bond motifs is 1. The van der Waals surface area contributed by atoms with Crippen LogP contribution in [0.25, 0.3) is 22.3 Å². The Labute approximate surface area is 178 Å². The Balaban J connectivity index is 1.47. The number of halogens is 2. The molecular formula is C21H20Cl2N6. The summed E-state index contributed by atoms with van der Waals surface area (Å²) in [6.45, 7) is 5.32. The molecule has 0 saturated heterocycles. The van der Waals surface area contributed by atoms with Crippen LogP contribution in [0.1, 0.15) is 11.3 Å². The number of hydrogen-bond acceptors (Lipinski definition) is 5. The van der Waals surface area contributed by atoms with Gasteiger partial charge < -0.3 is 10.6 Å². The minimum absolute atomic E-state index is 0.527. The van der Waals surface area contributed by atoms with Crippen molar-refractivity contribution in [2.45, 2.75) is 13.8 Å². The van der Waals surface area contributed by atoms with Gasteiger partial charge in [-0.3, -0.25) is 5.10 Å². The monoisotopic (exact) mass is 426 g/mol. The zero-order chi connectivity index (χ0) is 20.4. The van der Waals surface area contributed by atoms with Gasteiger partial charge in [-0.1, -0.05) is 35.3 Å². The molecule has 0 aliphatic heterocycles. The molecule has 0 fully saturated rings. The molecule has 4 rings (SSSR count). The maximum Gasteiger partial charge on any atom is 0.163 e. The van der Waals surface area contributed by atoms with E-state index in [-0.39, 0.29) is 0 Å². The standard InChI is InChI=1S/C21H20Cl2N6/c1-12-13(2)26-21(15-8-7-14(22)11-17(15)23)27-19(12)24-9-10-25-20-16-5-3-4-6-18(16)28-29-20/h3-8,11H,9-10H2,1-2H3,(H,24,26,27)(H2,25,28,29). The molecule has 0 atom stereocenters. The molecule has 2 aromatic carbocycles. The topological polar surface area (TPSA) is 78.5 Å². The Kier molecular flexibility index (Phi) is 5.56. The van der Waals surface area contributed by atoms with Crippen LogP contribution >= 0.6 is 23.2 Å². The zero-order valence-corrected chi connectivity index (χ0v) is 17.6. The van der Waals surface area contributed by atoms with E-state index >= 15 is 0 Å². The molecule has 6 nitrogen and oxygen atoms in total. The molecule has 4 aromatic rings. The molecule has 0 unspecified atom stereocenters. The first-order valence-corrected chi connectivity index (χ1v) is 10.00. The summed E-state index contributed by atoms with van der Waals surface area (Å²) in [4.78, 5) is 9.27. The summed E-state index contributed by atoms with van der Waals surface area (Å²) < 4.78 is 0. The average Bonchev–Trinajstić information content (AvgIpc) is 3.11. The normalized spacial score (nSPS) is 11.0. The molecule has 0 radical (unpaired) electrons. The summed E-state index contributed by atoms with van der Waals surface area (Å²) in [5.74, 6) is 2.20. The summed E-state index contributed by atoms with van der Waals surface area (Å²) >= 11 is 12.3. The van der Waals surface area contributed by atoms with E-state index in [1.807, 2.05) is 44.2 Å². The summed E-state index contributed by atoms with van der Waals surface area (Å²) in [7, 11) is 0. The highest BCUT2D eigenvalue weighted by molar-refractivity contribution is 6.36. The van der Waals surface area contributed by atoms with Crippen LogP contribution in [0.4, 0.5) is 11.6 Å². The number of anilines is 2. The maximum atomic E-state index is 6.34. The van der Waals surface area contributed by atoms with Crippen molar-refractivity contribution >= 4 is 45.7 Å². The number of H-pyrrole nitrogens is 1. The van der Waals surface area contributed by atoms with E-state index in [2.05, 4.69) is 30.8 Å². The van der Waals surface area contributed by atoms with E-state index in [4.69, 9.17) is 23.2 Å². The smallest absolute Gasteiger partial charge is 0.163 e. The van der Waals surface area contributed by atoms with Crippen LogP contribution in [0.5, 0.6) is 0 Å². The van der Waals surface area contributed by atoms with Crippen molar-refractivity contribution in [1.29, 1.82) is 0 Å². The van der Waals surface area contributed by atoms with Crippen LogP contribution in [0.15, 0.2) is 42.5 Å². The molecule has 0 aliphatic rings. The van der Waals surface area contributed by atoms with Crippen molar-refractivity contribution in [3.8, 4) is 11.4 Å². The first-order valence-electron chi connectivity index (χ1n) is 9.24. The van der Waals surface area contributed by atoms with E-state index in [1.54, 1.807) is 12.1 Å². The summed E-state index contributed by atoms with van der Waals surface area (Å²) in [5, 5.41) is 16.3. The number of hydrogen-bond donors (Lipinski definition) is 3. The van der Waals surface area contributed by atoms with Crippen LogP contribution in [-0.2, 0) is 0 Å². The molecule has 0 amide bonds. The fourth-order valence-electron chi connectivity index (χ4n) is 3.05. The highest BCUT2D eigenvalue weighted by Gasteiger charge is 2.12. The van der Waals surface area contributed by atoms with Gasteiger partial charge in [0, 0.05) is 40.3 Å². The minimum Gasteiger partial charge on any atom is -0.368 e. The van der Waals surface area contributed by atoms with Crippen LogP contribution < -0.4 is 10.6 Å². The zero-order valence-electron chi connectivity index (χ0n) is 16.1. The van der Waals surface area contributed by atoms with Gasteiger partial charge in [0.15, 0.2) is 11.6 Å². The van der Waals surface area contributed by atoms with E-state index in [0.717, 1.165) is 39.4 Å². The van der Waals surface area contributed by atoms with Crippen LogP contribution in [0.2, 0.25) is 10.0 Å². The van der Waals surface area contributed by atoms with Gasteiger partial charge in [0.1, 0.15) is 5.82 Å². The molecule has 0 spiro atoms. The predicted molar refractivity (Wildman–Crippen MR) is 120 cm³/mol. The van der Waals surface area contributed by atoms with Gasteiger partial charge in [0.05, 0.1) is 10.5 Å². The number of aromatic amines is 1. The number of nitrogens with one attached hydrogen (secondary N) is 3. The Morgan fingerprint density at radius 3 is 2.48 bits per heavy atom. The number of nitrogens with zero attached hydrogens (tertiary/aromatic N) is 3. The lowest BCUT2D eigenvalue weighted by molar-refractivity contribution is 1.00. The largest absolute Gasteiger partial charge is 0.368 e. The van der Waals surface area contributed by atoms with Gasteiger partial charge in [0.25, 0.3) is 0 Å². The number of rotatable bonds is 6. The van der Waals surface area contributed by atoms with Crippen LogP contribution in [-0.4, -0.2) is 33.3 Å². The first-order chi connectivity index (χ1) is 14.0. The number of para-hydroxylation sites is 1. The number of aromatic nitrogens is 4. The van der Waals surface area contributed by atoms with Crippen molar-refractivity contribution in [3.05, 3.63) is 63.8 Å². The molecule has 0 bridgehead atoms. The van der Waals surface area contributed by atoms with Gasteiger partial charge in [-0.25, -0.2) is 9.97 Å². The summed E-state index contributed by atoms with van der Waals surface area (Å²) in [6, 6.07) is 13.3. The van der Waals surface area contributed by atoms with E-state index in [9.17, 15) is 0 Å². The van der Waals surface area contributed by atoms with Crippen molar-refractivity contribution in [2.75, 3.05) is 23.7 Å².